The zero-order chi connectivity index (χ0) is 13.7. The van der Waals surface area contributed by atoms with Crippen molar-refractivity contribution < 1.29 is 5.11 Å². The maximum Gasteiger partial charge on any atom is 0.0691 e. The lowest BCUT2D eigenvalue weighted by Gasteiger charge is -2.41. The minimum Gasteiger partial charge on any atom is -0.390 e. The van der Waals surface area contributed by atoms with Gasteiger partial charge in [0.15, 0.2) is 0 Å². The fourth-order valence-corrected chi connectivity index (χ4v) is 3.33. The van der Waals surface area contributed by atoms with Crippen molar-refractivity contribution in [3.8, 4) is 0 Å². The zero-order valence-electron chi connectivity index (χ0n) is 12.3. The Hall–Kier alpha value is -0.860. The molecular weight excluding hydrogens is 234 g/mol. The van der Waals surface area contributed by atoms with Gasteiger partial charge >= 0.3 is 0 Å². The van der Waals surface area contributed by atoms with Crippen LogP contribution < -0.4 is 0 Å². The lowest BCUT2D eigenvalue weighted by Crippen LogP contribution is -2.45. The van der Waals surface area contributed by atoms with Crippen LogP contribution in [0.1, 0.15) is 37.7 Å². The summed E-state index contributed by atoms with van der Waals surface area (Å²) in [6.45, 7) is 1.01. The van der Waals surface area contributed by atoms with Crippen molar-refractivity contribution in [3.05, 3.63) is 35.9 Å². The Kier molecular flexibility index (Phi) is 5.00. The van der Waals surface area contributed by atoms with Crippen molar-refractivity contribution in [2.75, 3.05) is 20.6 Å². The van der Waals surface area contributed by atoms with Crippen LogP contribution in [-0.2, 0) is 6.42 Å². The third kappa shape index (κ3) is 4.05. The SMILES string of the molecule is CN(C)CC1CCCCC1(O)CCc1ccccc1. The van der Waals surface area contributed by atoms with Crippen LogP contribution in [0.3, 0.4) is 0 Å². The van der Waals surface area contributed by atoms with Gasteiger partial charge in [0.25, 0.3) is 0 Å². The van der Waals surface area contributed by atoms with Gasteiger partial charge in [-0.05, 0) is 45.3 Å². The molecule has 2 heteroatoms. The predicted octanol–water partition coefficient (Wildman–Crippen LogP) is 3.10. The Bertz CT molecular complexity index is 376. The average molecular weight is 261 g/mol. The molecule has 0 aliphatic heterocycles. The summed E-state index contributed by atoms with van der Waals surface area (Å²) in [5.74, 6) is 0.431. The smallest absolute Gasteiger partial charge is 0.0691 e. The van der Waals surface area contributed by atoms with Gasteiger partial charge < -0.3 is 10.0 Å². The van der Waals surface area contributed by atoms with Crippen molar-refractivity contribution in [1.82, 2.24) is 4.90 Å². The molecule has 1 saturated carbocycles. The molecule has 106 valence electrons. The first kappa shape index (κ1) is 14.5. The maximum absolute atomic E-state index is 11.0. The molecule has 19 heavy (non-hydrogen) atoms. The Labute approximate surface area is 117 Å². The lowest BCUT2D eigenvalue weighted by molar-refractivity contribution is -0.0617. The van der Waals surface area contributed by atoms with E-state index in [0.717, 1.165) is 25.8 Å². The molecule has 1 aromatic rings. The molecule has 1 aromatic carbocycles. The highest BCUT2D eigenvalue weighted by molar-refractivity contribution is 5.15. The van der Waals surface area contributed by atoms with Gasteiger partial charge in [-0.15, -0.1) is 0 Å². The Balaban J connectivity index is 1.97. The highest BCUT2D eigenvalue weighted by atomic mass is 16.3. The van der Waals surface area contributed by atoms with Crippen molar-refractivity contribution in [2.24, 2.45) is 5.92 Å². The molecule has 1 aliphatic rings. The van der Waals surface area contributed by atoms with Crippen LogP contribution >= 0.6 is 0 Å². The standard InChI is InChI=1S/C17H27NO/c1-18(2)14-16-10-6-7-12-17(16,19)13-11-15-8-4-3-5-9-15/h3-5,8-9,16,19H,6-7,10-14H2,1-2H3. The topological polar surface area (TPSA) is 23.5 Å². The molecule has 1 aliphatic carbocycles. The summed E-state index contributed by atoms with van der Waals surface area (Å²) in [5, 5.41) is 11.0. The van der Waals surface area contributed by atoms with E-state index in [4.69, 9.17) is 0 Å². The molecule has 1 fully saturated rings. The van der Waals surface area contributed by atoms with E-state index in [2.05, 4.69) is 43.3 Å². The second-order valence-corrected chi connectivity index (χ2v) is 6.29. The zero-order valence-corrected chi connectivity index (χ0v) is 12.3. The molecule has 0 amide bonds. The van der Waals surface area contributed by atoms with Gasteiger partial charge in [-0.25, -0.2) is 0 Å². The first-order chi connectivity index (χ1) is 9.10. The monoisotopic (exact) mass is 261 g/mol. The number of hydrogen-bond donors (Lipinski definition) is 1. The molecule has 0 bridgehead atoms. The van der Waals surface area contributed by atoms with Crippen LogP contribution in [0.25, 0.3) is 0 Å². The Morgan fingerprint density at radius 1 is 1.21 bits per heavy atom. The second kappa shape index (κ2) is 6.53. The molecule has 1 N–H and O–H groups in total. The van der Waals surface area contributed by atoms with Gasteiger partial charge in [-0.3, -0.25) is 0 Å². The molecule has 2 unspecified atom stereocenters. The molecule has 0 heterocycles. The number of nitrogens with zero attached hydrogens (tertiary/aromatic N) is 1. The minimum absolute atomic E-state index is 0.431. The van der Waals surface area contributed by atoms with Crippen molar-refractivity contribution >= 4 is 0 Å². The predicted molar refractivity (Wildman–Crippen MR) is 80.2 cm³/mol. The molecule has 2 rings (SSSR count). The summed E-state index contributed by atoms with van der Waals surface area (Å²) in [6.07, 6.45) is 6.47. The van der Waals surface area contributed by atoms with Crippen molar-refractivity contribution in [2.45, 2.75) is 44.1 Å². The van der Waals surface area contributed by atoms with Crippen LogP contribution in [-0.4, -0.2) is 36.2 Å². The summed E-state index contributed by atoms with van der Waals surface area (Å²) in [4.78, 5) is 2.21. The van der Waals surface area contributed by atoms with Crippen LogP contribution in [0, 0.1) is 5.92 Å². The summed E-state index contributed by atoms with van der Waals surface area (Å²) in [5.41, 5.74) is 0.878. The molecule has 2 nitrogen and oxygen atoms in total. The molecule has 0 spiro atoms. The van der Waals surface area contributed by atoms with Crippen molar-refractivity contribution in [3.63, 3.8) is 0 Å². The van der Waals surface area contributed by atoms with E-state index < -0.39 is 5.60 Å². The first-order valence-electron chi connectivity index (χ1n) is 7.51. The van der Waals surface area contributed by atoms with Crippen molar-refractivity contribution in [1.29, 1.82) is 0 Å². The highest BCUT2D eigenvalue weighted by Crippen LogP contribution is 2.37. The first-order valence-corrected chi connectivity index (χ1v) is 7.51. The normalized spacial score (nSPS) is 27.7. The van der Waals surface area contributed by atoms with E-state index in [0.29, 0.717) is 5.92 Å². The second-order valence-electron chi connectivity index (χ2n) is 6.29. The number of hydrogen-bond acceptors (Lipinski definition) is 2. The summed E-state index contributed by atoms with van der Waals surface area (Å²) in [7, 11) is 4.21. The van der Waals surface area contributed by atoms with E-state index in [9.17, 15) is 5.11 Å². The van der Waals surface area contributed by atoms with Gasteiger partial charge in [-0.2, -0.15) is 0 Å². The average Bonchev–Trinajstić information content (AvgIpc) is 2.40. The van der Waals surface area contributed by atoms with Gasteiger partial charge in [-0.1, -0.05) is 43.2 Å². The van der Waals surface area contributed by atoms with E-state index in [-0.39, 0.29) is 0 Å². The number of aliphatic hydroxyl groups is 1. The molecule has 0 aromatic heterocycles. The number of aryl methyl sites for hydroxylation is 1. The third-order valence-electron chi connectivity index (χ3n) is 4.45. The Morgan fingerprint density at radius 2 is 1.95 bits per heavy atom. The highest BCUT2D eigenvalue weighted by Gasteiger charge is 2.38. The largest absolute Gasteiger partial charge is 0.390 e. The minimum atomic E-state index is -0.460. The maximum atomic E-state index is 11.0. The fourth-order valence-electron chi connectivity index (χ4n) is 3.33. The van der Waals surface area contributed by atoms with E-state index in [1.165, 1.54) is 24.8 Å². The molecule has 0 radical (unpaired) electrons. The summed E-state index contributed by atoms with van der Waals surface area (Å²) < 4.78 is 0. The van der Waals surface area contributed by atoms with E-state index in [1.807, 2.05) is 6.07 Å². The van der Waals surface area contributed by atoms with Crippen LogP contribution in [0.5, 0.6) is 0 Å². The third-order valence-corrected chi connectivity index (χ3v) is 4.45. The van der Waals surface area contributed by atoms with Crippen LogP contribution in [0.2, 0.25) is 0 Å². The molecule has 0 saturated heterocycles. The lowest BCUT2D eigenvalue weighted by atomic mass is 9.72. The summed E-state index contributed by atoms with van der Waals surface area (Å²) >= 11 is 0. The van der Waals surface area contributed by atoms with Crippen LogP contribution in [0.15, 0.2) is 30.3 Å². The van der Waals surface area contributed by atoms with Gasteiger partial charge in [0.1, 0.15) is 0 Å². The van der Waals surface area contributed by atoms with Crippen LogP contribution in [0.4, 0.5) is 0 Å². The molecular formula is C17H27NO. The molecule has 2 atom stereocenters. The van der Waals surface area contributed by atoms with E-state index in [1.54, 1.807) is 0 Å². The quantitative estimate of drug-likeness (QED) is 0.880. The van der Waals surface area contributed by atoms with Gasteiger partial charge in [0, 0.05) is 12.5 Å². The Morgan fingerprint density at radius 3 is 2.63 bits per heavy atom. The summed E-state index contributed by atoms with van der Waals surface area (Å²) in [6, 6.07) is 10.5. The number of benzene rings is 1. The fraction of sp³-hybridized carbons (Fsp3) is 0.647. The van der Waals surface area contributed by atoms with Gasteiger partial charge in [0.05, 0.1) is 5.60 Å². The van der Waals surface area contributed by atoms with Gasteiger partial charge in [0.2, 0.25) is 0 Å². The number of rotatable bonds is 5. The van der Waals surface area contributed by atoms with E-state index >= 15 is 0 Å².